The molecule has 0 aliphatic heterocycles. The molecule has 0 saturated carbocycles. The van der Waals surface area contributed by atoms with Crippen molar-refractivity contribution in [3.05, 3.63) is 29.3 Å². The number of benzene rings is 1. The first-order valence-corrected chi connectivity index (χ1v) is 5.59. The van der Waals surface area contributed by atoms with Gasteiger partial charge in [-0.25, -0.2) is 8.78 Å². The Bertz CT molecular complexity index is 487. The lowest BCUT2D eigenvalue weighted by atomic mass is 10.1. The van der Waals surface area contributed by atoms with E-state index in [1.54, 1.807) is 0 Å². The maximum absolute atomic E-state index is 12.8. The summed E-state index contributed by atoms with van der Waals surface area (Å²) in [5, 5.41) is 2.36. The van der Waals surface area contributed by atoms with Gasteiger partial charge in [-0.3, -0.25) is 4.79 Å². The average Bonchev–Trinajstić information content (AvgIpc) is 2.35. The van der Waals surface area contributed by atoms with Crippen molar-refractivity contribution in [1.29, 1.82) is 0 Å². The van der Waals surface area contributed by atoms with Crippen LogP contribution in [0.5, 0.6) is 0 Å². The van der Waals surface area contributed by atoms with E-state index < -0.39 is 30.6 Å². The molecule has 1 rings (SSSR count). The average molecular weight is 296 g/mol. The highest BCUT2D eigenvalue weighted by Crippen LogP contribution is 2.35. The summed E-state index contributed by atoms with van der Waals surface area (Å²) in [5.74, 6) is -0.890. The second kappa shape index (κ2) is 6.06. The third kappa shape index (κ3) is 3.82. The van der Waals surface area contributed by atoms with Gasteiger partial charge in [0.25, 0.3) is 12.3 Å². The Hall–Kier alpha value is -1.86. The Morgan fingerprint density at radius 1 is 1.35 bits per heavy atom. The molecule has 0 bridgehead atoms. The first kappa shape index (κ1) is 16.2. The standard InChI is InChI=1S/C12H13F5N2O/c1-18-9-4-3-7(5-8(9)12(15,16)17)11(20)19(2)6-10(13)14/h3-5,10,18H,6H2,1-2H3. The zero-order valence-corrected chi connectivity index (χ0v) is 10.8. The highest BCUT2D eigenvalue weighted by atomic mass is 19.4. The van der Waals surface area contributed by atoms with Gasteiger partial charge in [-0.15, -0.1) is 0 Å². The fraction of sp³-hybridized carbons (Fsp3) is 0.417. The Morgan fingerprint density at radius 2 is 1.95 bits per heavy atom. The van der Waals surface area contributed by atoms with Crippen molar-refractivity contribution in [2.75, 3.05) is 26.0 Å². The predicted molar refractivity (Wildman–Crippen MR) is 64.0 cm³/mol. The number of hydrogen-bond donors (Lipinski definition) is 1. The van der Waals surface area contributed by atoms with Gasteiger partial charge in [-0.1, -0.05) is 0 Å². The molecule has 1 amide bonds. The second-order valence-electron chi connectivity index (χ2n) is 4.08. The third-order valence-electron chi connectivity index (χ3n) is 2.60. The van der Waals surface area contributed by atoms with Gasteiger partial charge in [0, 0.05) is 25.3 Å². The fourth-order valence-corrected chi connectivity index (χ4v) is 1.64. The highest BCUT2D eigenvalue weighted by Gasteiger charge is 2.34. The number of hydrogen-bond acceptors (Lipinski definition) is 2. The van der Waals surface area contributed by atoms with E-state index in [1.807, 2.05) is 0 Å². The maximum atomic E-state index is 12.8. The van der Waals surface area contributed by atoms with Crippen LogP contribution >= 0.6 is 0 Å². The van der Waals surface area contributed by atoms with E-state index in [0.717, 1.165) is 19.2 Å². The lowest BCUT2D eigenvalue weighted by Gasteiger charge is -2.18. The second-order valence-corrected chi connectivity index (χ2v) is 4.08. The normalized spacial score (nSPS) is 11.6. The maximum Gasteiger partial charge on any atom is 0.418 e. The molecule has 0 saturated heterocycles. The molecule has 0 aliphatic carbocycles. The molecule has 0 radical (unpaired) electrons. The van der Waals surface area contributed by atoms with Gasteiger partial charge < -0.3 is 10.2 Å². The molecule has 8 heteroatoms. The quantitative estimate of drug-likeness (QED) is 0.866. The number of nitrogens with zero attached hydrogens (tertiary/aromatic N) is 1. The van der Waals surface area contributed by atoms with Crippen LogP contribution in [-0.2, 0) is 6.18 Å². The van der Waals surface area contributed by atoms with Gasteiger partial charge in [0.15, 0.2) is 0 Å². The van der Waals surface area contributed by atoms with Crippen molar-refractivity contribution < 1.29 is 26.7 Å². The molecule has 3 nitrogen and oxygen atoms in total. The first-order chi connectivity index (χ1) is 9.16. The van der Waals surface area contributed by atoms with E-state index in [0.29, 0.717) is 11.0 Å². The van der Waals surface area contributed by atoms with Crippen LogP contribution < -0.4 is 5.32 Å². The van der Waals surface area contributed by atoms with Crippen molar-refractivity contribution in [3.63, 3.8) is 0 Å². The molecule has 0 aliphatic rings. The fourth-order valence-electron chi connectivity index (χ4n) is 1.64. The molecule has 0 unspecified atom stereocenters. The van der Waals surface area contributed by atoms with Crippen molar-refractivity contribution in [2.24, 2.45) is 0 Å². The van der Waals surface area contributed by atoms with Gasteiger partial charge >= 0.3 is 6.18 Å². The molecule has 1 aromatic rings. The van der Waals surface area contributed by atoms with Gasteiger partial charge in [-0.2, -0.15) is 13.2 Å². The van der Waals surface area contributed by atoms with Crippen molar-refractivity contribution >= 4 is 11.6 Å². The van der Waals surface area contributed by atoms with Crippen LogP contribution in [0, 0.1) is 0 Å². The molecule has 112 valence electrons. The zero-order chi connectivity index (χ0) is 15.5. The number of halogens is 5. The lowest BCUT2D eigenvalue weighted by molar-refractivity contribution is -0.137. The molecule has 1 N–H and O–H groups in total. The number of carbonyl (C=O) groups excluding carboxylic acids is 1. The minimum absolute atomic E-state index is 0.189. The molecule has 1 aromatic carbocycles. The van der Waals surface area contributed by atoms with E-state index >= 15 is 0 Å². The van der Waals surface area contributed by atoms with Crippen molar-refractivity contribution in [3.8, 4) is 0 Å². The van der Waals surface area contributed by atoms with Crippen LogP contribution in [0.25, 0.3) is 0 Å². The Balaban J connectivity index is 3.12. The van der Waals surface area contributed by atoms with E-state index in [2.05, 4.69) is 5.32 Å². The van der Waals surface area contributed by atoms with Crippen LogP contribution in [0.3, 0.4) is 0 Å². The minimum Gasteiger partial charge on any atom is -0.388 e. The summed E-state index contributed by atoms with van der Waals surface area (Å²) < 4.78 is 62.7. The molecule has 0 fully saturated rings. The van der Waals surface area contributed by atoms with E-state index in [4.69, 9.17) is 0 Å². The smallest absolute Gasteiger partial charge is 0.388 e. The molecule has 0 aromatic heterocycles. The third-order valence-corrected chi connectivity index (χ3v) is 2.60. The Morgan fingerprint density at radius 3 is 2.40 bits per heavy atom. The van der Waals surface area contributed by atoms with Gasteiger partial charge in [0.1, 0.15) is 0 Å². The molecule has 0 atom stereocenters. The summed E-state index contributed by atoms with van der Waals surface area (Å²) in [6, 6.07) is 2.90. The number of amides is 1. The SMILES string of the molecule is CNc1ccc(C(=O)N(C)CC(F)F)cc1C(F)(F)F. The summed E-state index contributed by atoms with van der Waals surface area (Å²) in [5.41, 5.74) is -1.50. The topological polar surface area (TPSA) is 32.3 Å². The largest absolute Gasteiger partial charge is 0.418 e. The Labute approximate surface area is 112 Å². The summed E-state index contributed by atoms with van der Waals surface area (Å²) in [6.07, 6.45) is -7.39. The summed E-state index contributed by atoms with van der Waals surface area (Å²) in [7, 11) is 2.42. The van der Waals surface area contributed by atoms with Crippen LogP contribution in [-0.4, -0.2) is 37.9 Å². The molecular formula is C12H13F5N2O. The van der Waals surface area contributed by atoms with Crippen molar-refractivity contribution in [1.82, 2.24) is 4.90 Å². The number of carbonyl (C=O) groups is 1. The van der Waals surface area contributed by atoms with Gasteiger partial charge in [0.2, 0.25) is 0 Å². The van der Waals surface area contributed by atoms with Crippen LogP contribution in [0.1, 0.15) is 15.9 Å². The van der Waals surface area contributed by atoms with Crippen molar-refractivity contribution in [2.45, 2.75) is 12.6 Å². The summed E-state index contributed by atoms with van der Waals surface area (Å²) in [4.78, 5) is 12.4. The van der Waals surface area contributed by atoms with E-state index in [1.165, 1.54) is 7.05 Å². The number of alkyl halides is 5. The van der Waals surface area contributed by atoms with Gasteiger partial charge in [-0.05, 0) is 18.2 Å². The lowest BCUT2D eigenvalue weighted by Crippen LogP contribution is -2.31. The molecule has 20 heavy (non-hydrogen) atoms. The number of nitrogens with one attached hydrogen (secondary N) is 1. The summed E-state index contributed by atoms with van der Waals surface area (Å²) >= 11 is 0. The predicted octanol–water partition coefficient (Wildman–Crippen LogP) is 3.08. The zero-order valence-electron chi connectivity index (χ0n) is 10.8. The molecule has 0 heterocycles. The monoisotopic (exact) mass is 296 g/mol. The number of anilines is 1. The number of rotatable bonds is 4. The van der Waals surface area contributed by atoms with Crippen LogP contribution in [0.2, 0.25) is 0 Å². The molecule has 0 spiro atoms. The van der Waals surface area contributed by atoms with Gasteiger partial charge in [0.05, 0.1) is 12.1 Å². The summed E-state index contributed by atoms with van der Waals surface area (Å²) in [6.45, 7) is -0.839. The minimum atomic E-state index is -4.64. The highest BCUT2D eigenvalue weighted by molar-refractivity contribution is 5.94. The van der Waals surface area contributed by atoms with E-state index in [-0.39, 0.29) is 11.3 Å². The molecular weight excluding hydrogens is 283 g/mol. The van der Waals surface area contributed by atoms with Crippen LogP contribution in [0.4, 0.5) is 27.6 Å². The van der Waals surface area contributed by atoms with E-state index in [9.17, 15) is 26.7 Å². The Kier molecular flexibility index (Phi) is 4.91. The first-order valence-electron chi connectivity index (χ1n) is 5.59. The van der Waals surface area contributed by atoms with Crippen LogP contribution in [0.15, 0.2) is 18.2 Å².